The van der Waals surface area contributed by atoms with Crippen LogP contribution in [0.1, 0.15) is 45.7 Å². The molecule has 0 amide bonds. The number of hydrogen-bond acceptors (Lipinski definition) is 4. The van der Waals surface area contributed by atoms with Gasteiger partial charge in [-0.2, -0.15) is 4.31 Å². The fourth-order valence-corrected chi connectivity index (χ4v) is 5.14. The molecule has 0 saturated heterocycles. The smallest absolute Gasteiger partial charge is 0.244 e. The topological polar surface area (TPSA) is 55.8 Å². The highest BCUT2D eigenvalue weighted by atomic mass is 32.2. The van der Waals surface area contributed by atoms with Gasteiger partial charge in [0.15, 0.2) is 0 Å². The maximum absolute atomic E-state index is 13.8. The van der Waals surface area contributed by atoms with Crippen molar-refractivity contribution >= 4 is 10.0 Å². The molecule has 1 atom stereocenters. The molecule has 5 nitrogen and oxygen atoms in total. The monoisotopic (exact) mass is 445 g/mol. The zero-order valence-corrected chi connectivity index (χ0v) is 20.5. The van der Waals surface area contributed by atoms with Crippen LogP contribution in [-0.4, -0.2) is 31.5 Å². The first-order valence-electron chi connectivity index (χ1n) is 10.4. The molecule has 0 bridgehead atoms. The van der Waals surface area contributed by atoms with Gasteiger partial charge >= 0.3 is 0 Å². The van der Waals surface area contributed by atoms with Crippen LogP contribution in [0.4, 0.5) is 0 Å². The molecule has 6 heteroatoms. The molecule has 0 heterocycles. The van der Waals surface area contributed by atoms with Gasteiger partial charge in [-0.25, -0.2) is 8.42 Å². The van der Waals surface area contributed by atoms with E-state index in [2.05, 4.69) is 6.58 Å². The number of sulfonamides is 1. The van der Waals surface area contributed by atoms with Gasteiger partial charge in [0.25, 0.3) is 0 Å². The summed E-state index contributed by atoms with van der Waals surface area (Å²) in [6, 6.07) is 13.8. The van der Waals surface area contributed by atoms with Crippen molar-refractivity contribution in [3.63, 3.8) is 0 Å². The van der Waals surface area contributed by atoms with Crippen molar-refractivity contribution < 1.29 is 17.9 Å². The molecular weight excluding hydrogens is 410 g/mol. The van der Waals surface area contributed by atoms with Gasteiger partial charge < -0.3 is 9.47 Å². The molecule has 0 aromatic heterocycles. The van der Waals surface area contributed by atoms with E-state index in [4.69, 9.17) is 9.47 Å². The van der Waals surface area contributed by atoms with Gasteiger partial charge in [0.05, 0.1) is 18.0 Å². The molecule has 0 unspecified atom stereocenters. The second-order valence-electron chi connectivity index (χ2n) is 9.08. The minimum absolute atomic E-state index is 0.0479. The Balaban J connectivity index is 2.56. The number of nitrogens with zero attached hydrogens (tertiary/aromatic N) is 1. The van der Waals surface area contributed by atoms with Gasteiger partial charge in [-0.05, 0) is 63.4 Å². The van der Waals surface area contributed by atoms with Crippen molar-refractivity contribution in [2.24, 2.45) is 5.92 Å². The Hall–Kier alpha value is -2.31. The van der Waals surface area contributed by atoms with Crippen molar-refractivity contribution in [3.05, 3.63) is 72.0 Å². The molecule has 0 aliphatic rings. The van der Waals surface area contributed by atoms with Gasteiger partial charge in [0, 0.05) is 6.54 Å². The number of hydrogen-bond donors (Lipinski definition) is 0. The summed E-state index contributed by atoms with van der Waals surface area (Å²) in [5, 5.41) is 0. The number of rotatable bonds is 9. The summed E-state index contributed by atoms with van der Waals surface area (Å²) in [6.45, 7) is 16.1. The van der Waals surface area contributed by atoms with Gasteiger partial charge in [-0.3, -0.25) is 0 Å². The first-order chi connectivity index (χ1) is 14.3. The van der Waals surface area contributed by atoms with Crippen molar-refractivity contribution in [1.29, 1.82) is 0 Å². The molecule has 2 rings (SSSR count). The molecule has 170 valence electrons. The largest absolute Gasteiger partial charge is 0.497 e. The number of benzene rings is 2. The molecule has 0 aliphatic heterocycles. The molecule has 0 N–H and O–H groups in total. The maximum Gasteiger partial charge on any atom is 0.244 e. The summed E-state index contributed by atoms with van der Waals surface area (Å²) >= 11 is 0. The van der Waals surface area contributed by atoms with Crippen LogP contribution in [0.25, 0.3) is 0 Å². The summed E-state index contributed by atoms with van der Waals surface area (Å²) in [5.74, 6) is 0.991. The minimum Gasteiger partial charge on any atom is -0.497 e. The normalized spacial score (nSPS) is 13.3. The van der Waals surface area contributed by atoms with E-state index in [0.717, 1.165) is 11.1 Å². The van der Waals surface area contributed by atoms with Crippen LogP contribution in [0, 0.1) is 12.8 Å². The Morgan fingerprint density at radius 2 is 1.58 bits per heavy atom. The van der Waals surface area contributed by atoms with E-state index in [1.165, 1.54) is 4.31 Å². The van der Waals surface area contributed by atoms with Crippen LogP contribution in [-0.2, 0) is 21.3 Å². The van der Waals surface area contributed by atoms with Crippen LogP contribution >= 0.6 is 0 Å². The Morgan fingerprint density at radius 3 is 2.03 bits per heavy atom. The molecule has 0 saturated carbocycles. The van der Waals surface area contributed by atoms with E-state index in [-0.39, 0.29) is 17.4 Å². The lowest BCUT2D eigenvalue weighted by atomic mass is 10.0. The lowest BCUT2D eigenvalue weighted by Crippen LogP contribution is -2.45. The fourth-order valence-electron chi connectivity index (χ4n) is 3.41. The van der Waals surface area contributed by atoms with Crippen molar-refractivity contribution in [3.8, 4) is 5.75 Å². The summed E-state index contributed by atoms with van der Waals surface area (Å²) in [5.41, 5.74) is 1.54. The zero-order chi connectivity index (χ0) is 23.4. The molecule has 2 aromatic carbocycles. The predicted molar refractivity (Wildman–Crippen MR) is 126 cm³/mol. The molecule has 0 aliphatic carbocycles. The summed E-state index contributed by atoms with van der Waals surface area (Å²) < 4.78 is 40.3. The summed E-state index contributed by atoms with van der Waals surface area (Å²) in [7, 11) is -2.29. The second-order valence-corrected chi connectivity index (χ2v) is 11.0. The van der Waals surface area contributed by atoms with E-state index in [9.17, 15) is 8.42 Å². The molecule has 31 heavy (non-hydrogen) atoms. The summed E-state index contributed by atoms with van der Waals surface area (Å²) in [4.78, 5) is 0.203. The Morgan fingerprint density at radius 1 is 1.03 bits per heavy atom. The van der Waals surface area contributed by atoms with Crippen molar-refractivity contribution in [2.45, 2.75) is 64.6 Å². The van der Waals surface area contributed by atoms with E-state index >= 15 is 0 Å². The molecule has 0 fully saturated rings. The minimum atomic E-state index is -3.84. The lowest BCUT2D eigenvalue weighted by molar-refractivity contribution is 0.0242. The number of ether oxygens (including phenoxy) is 2. The van der Waals surface area contributed by atoms with Gasteiger partial charge in [-0.15, -0.1) is 0 Å². The van der Waals surface area contributed by atoms with E-state index in [1.54, 1.807) is 31.4 Å². The van der Waals surface area contributed by atoms with E-state index in [0.29, 0.717) is 11.5 Å². The lowest BCUT2D eigenvalue weighted by Gasteiger charge is -2.37. The number of methoxy groups -OCH3 is 1. The van der Waals surface area contributed by atoms with Crippen LogP contribution < -0.4 is 4.74 Å². The third-order valence-corrected chi connectivity index (χ3v) is 6.68. The summed E-state index contributed by atoms with van der Waals surface area (Å²) in [6.07, 6.45) is 0. The Labute approximate surface area is 187 Å². The highest BCUT2D eigenvalue weighted by Crippen LogP contribution is 2.31. The molecule has 0 radical (unpaired) electrons. The fraction of sp³-hybridized carbons (Fsp3) is 0.440. The third kappa shape index (κ3) is 6.58. The van der Waals surface area contributed by atoms with Crippen LogP contribution in [0.2, 0.25) is 0 Å². The molecule has 2 aromatic rings. The SMILES string of the molecule is C=C(OC(C)(C)C)[C@H](C(C)C)N(Cc1ccc(C)cc1)S(=O)(=O)c1ccc(OC)cc1. The predicted octanol–water partition coefficient (Wildman–Crippen LogP) is 5.55. The first-order valence-corrected chi connectivity index (χ1v) is 11.9. The van der Waals surface area contributed by atoms with Gasteiger partial charge in [-0.1, -0.05) is 50.3 Å². The first kappa shape index (κ1) is 25.0. The molecular formula is C25H35NO4S. The quantitative estimate of drug-likeness (QED) is 0.475. The van der Waals surface area contributed by atoms with E-state index < -0.39 is 21.7 Å². The average molecular weight is 446 g/mol. The van der Waals surface area contributed by atoms with Crippen molar-refractivity contribution in [2.75, 3.05) is 7.11 Å². The van der Waals surface area contributed by atoms with Crippen molar-refractivity contribution in [1.82, 2.24) is 4.31 Å². The third-order valence-electron chi connectivity index (χ3n) is 4.83. The van der Waals surface area contributed by atoms with Crippen LogP contribution in [0.5, 0.6) is 5.75 Å². The Bertz CT molecular complexity index is 972. The Kier molecular flexibility index (Phi) is 7.95. The van der Waals surface area contributed by atoms with Crippen LogP contribution in [0.15, 0.2) is 65.8 Å². The van der Waals surface area contributed by atoms with Crippen LogP contribution in [0.3, 0.4) is 0 Å². The van der Waals surface area contributed by atoms with Gasteiger partial charge in [0.1, 0.15) is 17.1 Å². The number of aryl methyl sites for hydroxylation is 1. The zero-order valence-electron chi connectivity index (χ0n) is 19.7. The highest BCUT2D eigenvalue weighted by Gasteiger charge is 2.37. The standard InChI is InChI=1S/C25H35NO4S/c1-18(2)24(20(4)30-25(5,6)7)26(17-21-11-9-19(3)10-12-21)31(27,28)23-15-13-22(29-8)14-16-23/h9-16,18,24H,4,17H2,1-3,5-8H3/t24-/m0/s1. The van der Waals surface area contributed by atoms with E-state index in [1.807, 2.05) is 65.8 Å². The highest BCUT2D eigenvalue weighted by molar-refractivity contribution is 7.89. The van der Waals surface area contributed by atoms with Gasteiger partial charge in [0.2, 0.25) is 10.0 Å². The molecule has 0 spiro atoms. The second kappa shape index (κ2) is 9.88. The average Bonchev–Trinajstić information content (AvgIpc) is 2.67. The maximum atomic E-state index is 13.8.